The van der Waals surface area contributed by atoms with Gasteiger partial charge in [-0.1, -0.05) is 139 Å². The van der Waals surface area contributed by atoms with Crippen LogP contribution in [-0.2, 0) is 60.9 Å². The van der Waals surface area contributed by atoms with Gasteiger partial charge in [0.2, 0.25) is 0 Å². The van der Waals surface area contributed by atoms with Crippen LogP contribution < -0.4 is 0 Å². The van der Waals surface area contributed by atoms with Crippen LogP contribution in [0.15, 0.2) is 97.1 Å². The van der Waals surface area contributed by atoms with Crippen LogP contribution in [0.2, 0.25) is 0 Å². The molecule has 2 rings (SSSR count). The molecule has 354 valence electrons. The maximum Gasteiger partial charge on any atom is 0.333 e. The number of carboxylic acids is 2. The molecule has 2 N–H and O–H groups in total. The predicted octanol–water partition coefficient (Wildman–Crippen LogP) is 12.0. The van der Waals surface area contributed by atoms with Crippen LogP contribution in [0.3, 0.4) is 0 Å². The maximum atomic E-state index is 12.9. The van der Waals surface area contributed by atoms with Gasteiger partial charge in [0.25, 0.3) is 0 Å². The quantitative estimate of drug-likeness (QED) is 0.0749. The summed E-state index contributed by atoms with van der Waals surface area (Å²) in [7, 11) is 2.57. The number of hydrogen-bond donors (Lipinski definition) is 2. The van der Waals surface area contributed by atoms with Gasteiger partial charge in [-0.05, 0) is 71.9 Å². The third kappa shape index (κ3) is 26.7. The summed E-state index contributed by atoms with van der Waals surface area (Å²) in [6, 6.07) is 18.8. The number of aliphatic carboxylic acids is 2. The normalized spacial score (nSPS) is 11.6. The number of carboxylic acid groups (broad SMARTS) is 2. The molecule has 2 aromatic rings. The van der Waals surface area contributed by atoms with Crippen LogP contribution >= 0.6 is 9.90 Å². The first kappa shape index (κ1) is 76.6. The Morgan fingerprint density at radius 2 is 0.918 bits per heavy atom. The number of rotatable bonds is 15. The van der Waals surface area contributed by atoms with Gasteiger partial charge >= 0.3 is 35.8 Å². The molecule has 61 heavy (non-hydrogen) atoms. The zero-order valence-corrected chi connectivity index (χ0v) is 35.1. The number of carbonyl (C=O) groups is 6. The smallest absolute Gasteiger partial charge is 0.333 e. The Hall–Kier alpha value is -5.09. The fourth-order valence-corrected chi connectivity index (χ4v) is 4.53. The maximum absolute atomic E-state index is 12.9. The number of methoxy groups -OCH3 is 2. The van der Waals surface area contributed by atoms with Crippen LogP contribution in [0.4, 0.5) is 0 Å². The summed E-state index contributed by atoms with van der Waals surface area (Å²) in [6.45, 7) is 23.4. The van der Waals surface area contributed by atoms with E-state index in [0.29, 0.717) is 24.2 Å². The minimum Gasteiger partial charge on any atom is -0.577 e. The van der Waals surface area contributed by atoms with Crippen LogP contribution in [-0.4, -0.2) is 60.2 Å². The van der Waals surface area contributed by atoms with E-state index in [1.807, 2.05) is 67.6 Å². The van der Waals surface area contributed by atoms with Crippen molar-refractivity contribution in [1.29, 1.82) is 0 Å². The molecule has 0 radical (unpaired) electrons. The molecule has 0 aliphatic heterocycles. The summed E-state index contributed by atoms with van der Waals surface area (Å²) in [5.74, 6) is -3.85. The van der Waals surface area contributed by atoms with Gasteiger partial charge in [-0.2, -0.15) is 0 Å². The molecule has 0 fully saturated rings. The molecule has 0 spiro atoms. The van der Waals surface area contributed by atoms with Crippen LogP contribution in [0.1, 0.15) is 130 Å². The highest BCUT2D eigenvalue weighted by atomic mass is 31.0. The van der Waals surface area contributed by atoms with Gasteiger partial charge in [0.1, 0.15) is 13.2 Å². The number of esters is 4. The fourth-order valence-electron chi connectivity index (χ4n) is 4.53. The molecule has 3 atom stereocenters. The van der Waals surface area contributed by atoms with Crippen molar-refractivity contribution in [1.82, 2.24) is 0 Å². The lowest BCUT2D eigenvalue weighted by molar-refractivity contribution is -0.181. The van der Waals surface area contributed by atoms with Crippen LogP contribution in [0.5, 0.6) is 0 Å². The molecule has 0 aliphatic rings. The highest BCUT2D eigenvalue weighted by molar-refractivity contribution is 6.92. The van der Waals surface area contributed by atoms with Gasteiger partial charge in [0.05, 0.1) is 30.5 Å². The van der Waals surface area contributed by atoms with E-state index >= 15 is 0 Å². The SMILES string of the molecule is C.C.C.C.C.C.C=C(C)C(=O)O.C=C(C)C(=O)OC.C=C(C)C(=O)OCc1ccccc1.CCC(C)(CC(C)(C(=O)O)C(C)(CC)C(=O)OC)C(=O)OCc1ccccc1.[PH2-]. The molecule has 0 bridgehead atoms. The first-order chi connectivity index (χ1) is 25.0. The Bertz CT molecular complexity index is 1580. The van der Waals surface area contributed by atoms with Crippen molar-refractivity contribution in [3.63, 3.8) is 0 Å². The largest absolute Gasteiger partial charge is 0.577 e. The molecule has 12 nitrogen and oxygen atoms in total. The van der Waals surface area contributed by atoms with Crippen molar-refractivity contribution in [2.45, 2.75) is 132 Å². The second kappa shape index (κ2) is 37.9. The molecule has 0 amide bonds. The summed E-state index contributed by atoms with van der Waals surface area (Å²) < 4.78 is 19.6. The van der Waals surface area contributed by atoms with E-state index in [1.54, 1.807) is 34.6 Å². The number of ether oxygens (including phenoxy) is 4. The average molecular weight is 884 g/mol. The zero-order chi connectivity index (χ0) is 42.3. The van der Waals surface area contributed by atoms with E-state index in [9.17, 15) is 33.9 Å². The molecular weight excluding hydrogens is 799 g/mol. The van der Waals surface area contributed by atoms with E-state index in [0.717, 1.165) is 11.1 Å². The fraction of sp³-hybridized carbons (Fsp3) is 0.500. The van der Waals surface area contributed by atoms with Gasteiger partial charge < -0.3 is 39.1 Å². The van der Waals surface area contributed by atoms with E-state index in [1.165, 1.54) is 28.1 Å². The Morgan fingerprint density at radius 3 is 1.16 bits per heavy atom. The lowest BCUT2D eigenvalue weighted by Crippen LogP contribution is -2.52. The molecule has 2 aromatic carbocycles. The van der Waals surface area contributed by atoms with Crippen molar-refractivity contribution in [2.24, 2.45) is 16.2 Å². The number of benzene rings is 2. The van der Waals surface area contributed by atoms with E-state index in [4.69, 9.17) is 19.3 Å². The Morgan fingerprint density at radius 1 is 0.557 bits per heavy atom. The Labute approximate surface area is 373 Å². The highest BCUT2D eigenvalue weighted by Crippen LogP contribution is 2.51. The molecule has 13 heteroatoms. The molecule has 3 unspecified atom stereocenters. The van der Waals surface area contributed by atoms with Crippen LogP contribution in [0.25, 0.3) is 0 Å². The number of carbonyl (C=O) groups excluding carboxylic acids is 4. The van der Waals surface area contributed by atoms with Gasteiger partial charge in [0, 0.05) is 16.7 Å². The molecular formula is C48H84O12P-. The summed E-state index contributed by atoms with van der Waals surface area (Å²) in [5.41, 5.74) is -0.990. The molecule has 0 saturated carbocycles. The third-order valence-electron chi connectivity index (χ3n) is 8.72. The Balaban J connectivity index is -0.0000000982. The standard InChI is InChI=1S/C22H32O6.C11H12O2.C5H8O2.C4H6O2.6CH4.H2P/c1-7-20(3,18(25)28-14-16-12-10-9-11-13-16)15-22(5,17(23)24)21(4,8-2)19(26)27-6;1-9(2)11(12)13-8-10-6-4-3-5-7-10;1-4(2)5(6)7-3;1-3(2)4(5)6;;;;;;;/h9-13H,7-8,14-15H2,1-6H3,(H,23,24);3-7H,1,8H2,2H3;1H2,2-3H3;1H2,2H3,(H,5,6);6*1H4;1H2/q;;;;;;;;;;-1. The van der Waals surface area contributed by atoms with Crippen molar-refractivity contribution in [2.75, 3.05) is 14.2 Å². The first-order valence-corrected chi connectivity index (χ1v) is 17.0. The van der Waals surface area contributed by atoms with Crippen molar-refractivity contribution in [3.8, 4) is 0 Å². The summed E-state index contributed by atoms with van der Waals surface area (Å²) in [4.78, 5) is 68.4. The van der Waals surface area contributed by atoms with E-state index < -0.39 is 40.1 Å². The second-order valence-electron chi connectivity index (χ2n) is 13.2. The summed E-state index contributed by atoms with van der Waals surface area (Å²) >= 11 is 0. The highest BCUT2D eigenvalue weighted by Gasteiger charge is 2.58. The molecule has 0 aromatic heterocycles. The summed E-state index contributed by atoms with van der Waals surface area (Å²) in [6.07, 6.45) is 0.602. The molecule has 0 saturated heterocycles. The molecule has 0 heterocycles. The average Bonchev–Trinajstić information content (AvgIpc) is 3.15. The zero-order valence-electron chi connectivity index (χ0n) is 34.0. The minimum atomic E-state index is -1.51. The monoisotopic (exact) mass is 884 g/mol. The van der Waals surface area contributed by atoms with Gasteiger partial charge in [-0.25, -0.2) is 14.4 Å². The van der Waals surface area contributed by atoms with Gasteiger partial charge in [-0.15, -0.1) is 0 Å². The predicted molar refractivity (Wildman–Crippen MR) is 256 cm³/mol. The minimum absolute atomic E-state index is 0. The molecule has 0 aliphatic carbocycles. The van der Waals surface area contributed by atoms with Gasteiger partial charge in [-0.3, -0.25) is 14.4 Å². The third-order valence-corrected chi connectivity index (χ3v) is 8.72. The van der Waals surface area contributed by atoms with E-state index in [2.05, 4.69) is 24.5 Å². The second-order valence-corrected chi connectivity index (χ2v) is 13.2. The Kier molecular flexibility index (Phi) is 47.6. The van der Waals surface area contributed by atoms with Crippen LogP contribution in [0, 0.1) is 16.2 Å². The van der Waals surface area contributed by atoms with Crippen molar-refractivity contribution < 1.29 is 57.9 Å². The van der Waals surface area contributed by atoms with E-state index in [-0.39, 0.29) is 91.4 Å². The lowest BCUT2D eigenvalue weighted by Gasteiger charge is -2.44. The van der Waals surface area contributed by atoms with Gasteiger partial charge in [0.15, 0.2) is 0 Å². The lowest BCUT2D eigenvalue weighted by atomic mass is 9.57. The van der Waals surface area contributed by atoms with Crippen molar-refractivity contribution >= 4 is 45.7 Å². The summed E-state index contributed by atoms with van der Waals surface area (Å²) in [5, 5.41) is 17.9. The topological polar surface area (TPSA) is 180 Å². The number of hydrogen-bond acceptors (Lipinski definition) is 10. The first-order valence-electron chi connectivity index (χ1n) is 17.0. The van der Waals surface area contributed by atoms with Crippen molar-refractivity contribution in [3.05, 3.63) is 108 Å².